The third kappa shape index (κ3) is 7.69. The summed E-state index contributed by atoms with van der Waals surface area (Å²) < 4.78 is 0. The standard InChI is InChI=1S/C27H28N4O5/c1-18(32)24(27(35)31-36)30-25(33)21-13-9-19(10-14-21)6-2-3-7-20-11-15-22(16-12-20)29-26(34)23-8-4-5-17-28-23/h9-16,18,23-24,28,32,36H,4-5,8,17H2,1H3,(H,29,34)(H,30,33)(H,31,35)/t18-,23?,24-/m0/s1. The zero-order valence-corrected chi connectivity index (χ0v) is 19.8. The van der Waals surface area contributed by atoms with Crippen LogP contribution in [0.1, 0.15) is 47.7 Å². The van der Waals surface area contributed by atoms with Crippen molar-refractivity contribution >= 4 is 23.4 Å². The number of piperidine rings is 1. The number of nitrogens with one attached hydrogen (secondary N) is 4. The molecule has 2 aromatic carbocycles. The Labute approximate surface area is 209 Å². The molecular formula is C27H28N4O5. The van der Waals surface area contributed by atoms with Crippen molar-refractivity contribution in [3.8, 4) is 23.7 Å². The van der Waals surface area contributed by atoms with Gasteiger partial charge in [0, 0.05) is 22.4 Å². The molecule has 0 aromatic heterocycles. The van der Waals surface area contributed by atoms with E-state index in [1.54, 1.807) is 24.3 Å². The van der Waals surface area contributed by atoms with Crippen LogP contribution in [0.3, 0.4) is 0 Å². The van der Waals surface area contributed by atoms with Crippen molar-refractivity contribution in [2.45, 2.75) is 44.4 Å². The van der Waals surface area contributed by atoms with Gasteiger partial charge in [-0.05, 0) is 86.7 Å². The lowest BCUT2D eigenvalue weighted by Crippen LogP contribution is -2.51. The van der Waals surface area contributed by atoms with Gasteiger partial charge >= 0.3 is 0 Å². The molecule has 1 aliphatic rings. The normalized spacial score (nSPS) is 16.1. The number of rotatable bonds is 6. The van der Waals surface area contributed by atoms with Crippen LogP contribution in [0.5, 0.6) is 0 Å². The van der Waals surface area contributed by atoms with Gasteiger partial charge in [-0.2, -0.15) is 0 Å². The van der Waals surface area contributed by atoms with Crippen LogP contribution in [-0.2, 0) is 9.59 Å². The third-order valence-electron chi connectivity index (χ3n) is 5.56. The molecule has 9 heteroatoms. The summed E-state index contributed by atoms with van der Waals surface area (Å²) in [7, 11) is 0. The number of hydrogen-bond acceptors (Lipinski definition) is 6. The number of hydroxylamine groups is 1. The van der Waals surface area contributed by atoms with Crippen LogP contribution >= 0.6 is 0 Å². The Morgan fingerprint density at radius 3 is 2.11 bits per heavy atom. The van der Waals surface area contributed by atoms with Crippen LogP contribution in [0.15, 0.2) is 48.5 Å². The minimum absolute atomic E-state index is 0.0265. The number of carbonyl (C=O) groups is 3. The first-order chi connectivity index (χ1) is 17.4. The molecule has 1 fully saturated rings. The molecule has 1 heterocycles. The second-order valence-corrected chi connectivity index (χ2v) is 8.31. The number of hydrogen-bond donors (Lipinski definition) is 6. The van der Waals surface area contributed by atoms with Crippen LogP contribution in [0, 0.1) is 23.7 Å². The van der Waals surface area contributed by atoms with E-state index >= 15 is 0 Å². The predicted octanol–water partition coefficient (Wildman–Crippen LogP) is 1.16. The van der Waals surface area contributed by atoms with Crippen molar-refractivity contribution in [1.82, 2.24) is 16.1 Å². The van der Waals surface area contributed by atoms with E-state index in [4.69, 9.17) is 5.21 Å². The Balaban J connectivity index is 1.54. The lowest BCUT2D eigenvalue weighted by atomic mass is 10.0. The maximum absolute atomic E-state index is 12.3. The van der Waals surface area contributed by atoms with Crippen LogP contribution in [0.2, 0.25) is 0 Å². The lowest BCUT2D eigenvalue weighted by molar-refractivity contribution is -0.133. The van der Waals surface area contributed by atoms with E-state index in [9.17, 15) is 19.5 Å². The zero-order valence-electron chi connectivity index (χ0n) is 19.8. The Morgan fingerprint density at radius 2 is 1.58 bits per heavy atom. The van der Waals surface area contributed by atoms with Gasteiger partial charge in [0.25, 0.3) is 11.8 Å². The average molecular weight is 489 g/mol. The Hall–Kier alpha value is -4.15. The minimum Gasteiger partial charge on any atom is -0.391 e. The lowest BCUT2D eigenvalue weighted by Gasteiger charge is -2.22. The Bertz CT molecular complexity index is 1200. The molecule has 0 aliphatic carbocycles. The second-order valence-electron chi connectivity index (χ2n) is 8.31. The zero-order chi connectivity index (χ0) is 25.9. The van der Waals surface area contributed by atoms with Gasteiger partial charge in [0.2, 0.25) is 5.91 Å². The highest BCUT2D eigenvalue weighted by molar-refractivity contribution is 5.97. The van der Waals surface area contributed by atoms with E-state index in [0.29, 0.717) is 11.3 Å². The third-order valence-corrected chi connectivity index (χ3v) is 5.56. The van der Waals surface area contributed by atoms with Crippen LogP contribution in [-0.4, -0.2) is 52.8 Å². The molecule has 36 heavy (non-hydrogen) atoms. The van der Waals surface area contributed by atoms with Gasteiger partial charge in [-0.25, -0.2) is 5.48 Å². The van der Waals surface area contributed by atoms with Gasteiger partial charge in [0.15, 0.2) is 0 Å². The molecule has 0 saturated carbocycles. The average Bonchev–Trinajstić information content (AvgIpc) is 2.90. The fraction of sp³-hybridized carbons (Fsp3) is 0.296. The first-order valence-electron chi connectivity index (χ1n) is 11.6. The first kappa shape index (κ1) is 26.5. The summed E-state index contributed by atoms with van der Waals surface area (Å²) in [5.74, 6) is 9.82. The summed E-state index contributed by atoms with van der Waals surface area (Å²) in [6.45, 7) is 2.19. The molecule has 0 spiro atoms. The van der Waals surface area contributed by atoms with Crippen molar-refractivity contribution in [1.29, 1.82) is 0 Å². The molecule has 1 unspecified atom stereocenters. The second kappa shape index (κ2) is 13.1. The number of amides is 3. The number of carbonyl (C=O) groups excluding carboxylic acids is 3. The predicted molar refractivity (Wildman–Crippen MR) is 134 cm³/mol. The van der Waals surface area contributed by atoms with Gasteiger partial charge in [-0.15, -0.1) is 0 Å². The number of aliphatic hydroxyl groups is 1. The van der Waals surface area contributed by atoms with E-state index in [-0.39, 0.29) is 17.5 Å². The summed E-state index contributed by atoms with van der Waals surface area (Å²) in [6, 6.07) is 12.1. The van der Waals surface area contributed by atoms with Crippen LogP contribution in [0.4, 0.5) is 5.69 Å². The summed E-state index contributed by atoms with van der Waals surface area (Å²) >= 11 is 0. The molecule has 9 nitrogen and oxygen atoms in total. The topological polar surface area (TPSA) is 140 Å². The van der Waals surface area contributed by atoms with Gasteiger partial charge < -0.3 is 21.1 Å². The van der Waals surface area contributed by atoms with E-state index in [2.05, 4.69) is 39.6 Å². The van der Waals surface area contributed by atoms with Crippen molar-refractivity contribution in [3.63, 3.8) is 0 Å². The molecule has 1 aliphatic heterocycles. The fourth-order valence-corrected chi connectivity index (χ4v) is 3.55. The fourth-order valence-electron chi connectivity index (χ4n) is 3.55. The number of anilines is 1. The molecule has 6 N–H and O–H groups in total. The summed E-state index contributed by atoms with van der Waals surface area (Å²) in [4.78, 5) is 36.2. The smallest absolute Gasteiger partial charge is 0.268 e. The molecular weight excluding hydrogens is 460 g/mol. The molecule has 3 amide bonds. The SMILES string of the molecule is C[C@H](O)[C@H](NC(=O)c1ccc(C#CC#Cc2ccc(NC(=O)C3CCCCN3)cc2)cc1)C(=O)NO. The maximum Gasteiger partial charge on any atom is 0.268 e. The molecule has 0 radical (unpaired) electrons. The van der Waals surface area contributed by atoms with E-state index in [0.717, 1.165) is 31.4 Å². The van der Waals surface area contributed by atoms with Crippen LogP contribution in [0.25, 0.3) is 0 Å². The van der Waals surface area contributed by atoms with E-state index in [1.807, 2.05) is 12.1 Å². The summed E-state index contributed by atoms with van der Waals surface area (Å²) in [5, 5.41) is 26.8. The monoisotopic (exact) mass is 488 g/mol. The summed E-state index contributed by atoms with van der Waals surface area (Å²) in [6.07, 6.45) is 1.80. The molecule has 2 aromatic rings. The summed E-state index contributed by atoms with van der Waals surface area (Å²) in [5.41, 5.74) is 3.77. The number of benzene rings is 2. The van der Waals surface area contributed by atoms with Gasteiger partial charge in [0.1, 0.15) is 6.04 Å². The van der Waals surface area contributed by atoms with Gasteiger partial charge in [0.05, 0.1) is 12.1 Å². The molecule has 3 rings (SSSR count). The van der Waals surface area contributed by atoms with Crippen molar-refractivity contribution < 1.29 is 24.7 Å². The van der Waals surface area contributed by atoms with Crippen LogP contribution < -0.4 is 21.4 Å². The highest BCUT2D eigenvalue weighted by Crippen LogP contribution is 2.12. The molecule has 3 atom stereocenters. The molecule has 1 saturated heterocycles. The van der Waals surface area contributed by atoms with Crippen molar-refractivity contribution in [2.75, 3.05) is 11.9 Å². The quantitative estimate of drug-likeness (QED) is 0.205. The van der Waals surface area contributed by atoms with Crippen molar-refractivity contribution in [2.24, 2.45) is 0 Å². The van der Waals surface area contributed by atoms with Crippen molar-refractivity contribution in [3.05, 3.63) is 65.2 Å². The molecule has 186 valence electrons. The minimum atomic E-state index is -1.29. The Kier molecular flexibility index (Phi) is 9.61. The highest BCUT2D eigenvalue weighted by Gasteiger charge is 2.25. The van der Waals surface area contributed by atoms with Gasteiger partial charge in [-0.1, -0.05) is 18.3 Å². The maximum atomic E-state index is 12.3. The Morgan fingerprint density at radius 1 is 0.972 bits per heavy atom. The highest BCUT2D eigenvalue weighted by atomic mass is 16.5. The largest absolute Gasteiger partial charge is 0.391 e. The van der Waals surface area contributed by atoms with E-state index in [1.165, 1.54) is 24.5 Å². The first-order valence-corrected chi connectivity index (χ1v) is 11.6. The number of aliphatic hydroxyl groups excluding tert-OH is 1. The van der Waals surface area contributed by atoms with E-state index < -0.39 is 24.0 Å². The molecule has 0 bridgehead atoms. The van der Waals surface area contributed by atoms with Gasteiger partial charge in [-0.3, -0.25) is 19.6 Å².